The van der Waals surface area contributed by atoms with Gasteiger partial charge in [-0.3, -0.25) is 9.89 Å². The summed E-state index contributed by atoms with van der Waals surface area (Å²) in [4.78, 5) is 16.9. The van der Waals surface area contributed by atoms with Crippen molar-refractivity contribution in [2.45, 2.75) is 6.42 Å². The van der Waals surface area contributed by atoms with E-state index in [1.807, 2.05) is 66.7 Å². The van der Waals surface area contributed by atoms with Gasteiger partial charge in [0.25, 0.3) is 5.56 Å². The number of hydrogen-bond donors (Lipinski definition) is 1. The monoisotopic (exact) mass is 301 g/mol. The van der Waals surface area contributed by atoms with E-state index in [0.29, 0.717) is 12.1 Å². The second kappa shape index (κ2) is 5.57. The second-order valence-electron chi connectivity index (χ2n) is 5.48. The molecule has 23 heavy (non-hydrogen) atoms. The predicted octanol–water partition coefficient (Wildman–Crippen LogP) is 3.28. The third-order valence-electron chi connectivity index (χ3n) is 3.82. The van der Waals surface area contributed by atoms with Gasteiger partial charge < -0.3 is 0 Å². The molecule has 4 nitrogen and oxygen atoms in total. The van der Waals surface area contributed by atoms with Crippen molar-refractivity contribution in [2.24, 2.45) is 0 Å². The number of nitrogens with one attached hydrogen (secondary N) is 1. The van der Waals surface area contributed by atoms with Crippen molar-refractivity contribution in [2.75, 3.05) is 0 Å². The Morgan fingerprint density at radius 3 is 2.35 bits per heavy atom. The van der Waals surface area contributed by atoms with Gasteiger partial charge in [0.1, 0.15) is 0 Å². The molecule has 0 aliphatic heterocycles. The Labute approximate surface area is 133 Å². The largest absolute Gasteiger partial charge is 0.289 e. The van der Waals surface area contributed by atoms with E-state index in [9.17, 15) is 4.79 Å². The zero-order chi connectivity index (χ0) is 15.6. The minimum absolute atomic E-state index is 0.0943. The molecule has 0 saturated carbocycles. The quantitative estimate of drug-likeness (QED) is 0.631. The molecule has 4 aromatic rings. The lowest BCUT2D eigenvalue weighted by Gasteiger charge is -2.01. The third kappa shape index (κ3) is 2.66. The Hall–Kier alpha value is -3.14. The van der Waals surface area contributed by atoms with Crippen LogP contribution in [0.5, 0.6) is 0 Å². The number of aromatic amines is 1. The first-order valence-electron chi connectivity index (χ1n) is 7.51. The van der Waals surface area contributed by atoms with Crippen LogP contribution in [-0.4, -0.2) is 14.6 Å². The number of rotatable bonds is 3. The van der Waals surface area contributed by atoms with Gasteiger partial charge in [0.05, 0.1) is 11.4 Å². The number of H-pyrrole nitrogens is 1. The van der Waals surface area contributed by atoms with E-state index in [-0.39, 0.29) is 5.56 Å². The summed E-state index contributed by atoms with van der Waals surface area (Å²) in [5.74, 6) is 0. The van der Waals surface area contributed by atoms with Gasteiger partial charge in [-0.2, -0.15) is 0 Å². The van der Waals surface area contributed by atoms with E-state index in [2.05, 4.69) is 10.1 Å². The van der Waals surface area contributed by atoms with Crippen LogP contribution in [0.1, 0.15) is 11.3 Å². The van der Waals surface area contributed by atoms with Crippen LogP contribution >= 0.6 is 0 Å². The Bertz CT molecular complexity index is 1000. The van der Waals surface area contributed by atoms with E-state index in [1.165, 1.54) is 4.52 Å². The summed E-state index contributed by atoms with van der Waals surface area (Å²) in [5, 5.41) is 3.11. The van der Waals surface area contributed by atoms with Crippen LogP contribution < -0.4 is 5.56 Å². The van der Waals surface area contributed by atoms with Crippen LogP contribution in [0.3, 0.4) is 0 Å². The van der Waals surface area contributed by atoms with Gasteiger partial charge in [0.2, 0.25) is 0 Å². The van der Waals surface area contributed by atoms with Crippen molar-refractivity contribution in [3.63, 3.8) is 0 Å². The molecule has 0 unspecified atom stereocenters. The van der Waals surface area contributed by atoms with Crippen molar-refractivity contribution in [3.05, 3.63) is 94.4 Å². The highest BCUT2D eigenvalue weighted by Crippen LogP contribution is 2.18. The van der Waals surface area contributed by atoms with E-state index in [4.69, 9.17) is 0 Å². The standard InChI is InChI=1S/C19H15N3O/c23-19-12-16(11-14-7-3-1-4-8-14)20-18-13-17(21-22(18)19)15-9-5-2-6-10-15/h1-10,12-13,21H,11H2. The summed E-state index contributed by atoms with van der Waals surface area (Å²) >= 11 is 0. The van der Waals surface area contributed by atoms with Gasteiger partial charge in [-0.1, -0.05) is 60.7 Å². The SMILES string of the molecule is O=c1cc(Cc2ccccc2)nc2cc(-c3ccccc3)[nH]n12. The molecule has 0 bridgehead atoms. The second-order valence-corrected chi connectivity index (χ2v) is 5.48. The molecule has 0 amide bonds. The molecule has 0 saturated heterocycles. The Balaban J connectivity index is 1.77. The van der Waals surface area contributed by atoms with E-state index in [1.54, 1.807) is 6.07 Å². The average Bonchev–Trinajstić information content (AvgIpc) is 3.01. The molecule has 2 heterocycles. The number of nitrogens with zero attached hydrogens (tertiary/aromatic N) is 2. The molecule has 4 rings (SSSR count). The normalized spacial score (nSPS) is 11.0. The predicted molar refractivity (Wildman–Crippen MR) is 90.5 cm³/mol. The molecule has 0 aliphatic rings. The van der Waals surface area contributed by atoms with Gasteiger partial charge in [-0.15, -0.1) is 0 Å². The summed E-state index contributed by atoms with van der Waals surface area (Å²) in [6.45, 7) is 0. The van der Waals surface area contributed by atoms with Crippen LogP contribution in [0.15, 0.2) is 77.6 Å². The van der Waals surface area contributed by atoms with Gasteiger partial charge in [0, 0.05) is 18.6 Å². The van der Waals surface area contributed by atoms with Crippen molar-refractivity contribution in [1.29, 1.82) is 0 Å². The van der Waals surface area contributed by atoms with Gasteiger partial charge in [-0.25, -0.2) is 9.50 Å². The zero-order valence-electron chi connectivity index (χ0n) is 12.4. The first kappa shape index (κ1) is 13.5. The molecule has 0 aliphatic carbocycles. The molecular weight excluding hydrogens is 286 g/mol. The van der Waals surface area contributed by atoms with E-state index < -0.39 is 0 Å². The molecule has 0 spiro atoms. The molecule has 2 aromatic heterocycles. The molecule has 2 aromatic carbocycles. The van der Waals surface area contributed by atoms with Crippen LogP contribution in [0.4, 0.5) is 0 Å². The maximum absolute atomic E-state index is 12.3. The summed E-state index contributed by atoms with van der Waals surface area (Å²) in [5.41, 5.74) is 4.38. The maximum Gasteiger partial charge on any atom is 0.272 e. The Morgan fingerprint density at radius 2 is 1.61 bits per heavy atom. The average molecular weight is 301 g/mol. The first-order valence-corrected chi connectivity index (χ1v) is 7.51. The molecule has 1 N–H and O–H groups in total. The summed E-state index contributed by atoms with van der Waals surface area (Å²) in [6.07, 6.45) is 0.651. The van der Waals surface area contributed by atoms with Crippen LogP contribution in [0, 0.1) is 0 Å². The Kier molecular flexibility index (Phi) is 3.27. The van der Waals surface area contributed by atoms with Crippen LogP contribution in [0.2, 0.25) is 0 Å². The van der Waals surface area contributed by atoms with Crippen molar-refractivity contribution >= 4 is 5.65 Å². The number of benzene rings is 2. The first-order chi connectivity index (χ1) is 11.3. The highest BCUT2D eigenvalue weighted by atomic mass is 16.1. The molecule has 0 fully saturated rings. The van der Waals surface area contributed by atoms with Gasteiger partial charge >= 0.3 is 0 Å². The third-order valence-corrected chi connectivity index (χ3v) is 3.82. The summed E-state index contributed by atoms with van der Waals surface area (Å²) < 4.78 is 1.48. The zero-order valence-corrected chi connectivity index (χ0v) is 12.4. The van der Waals surface area contributed by atoms with Crippen LogP contribution in [0.25, 0.3) is 16.9 Å². The number of fused-ring (bicyclic) bond motifs is 1. The van der Waals surface area contributed by atoms with Crippen molar-refractivity contribution < 1.29 is 0 Å². The van der Waals surface area contributed by atoms with E-state index in [0.717, 1.165) is 22.5 Å². The summed E-state index contributed by atoms with van der Waals surface area (Å²) in [7, 11) is 0. The molecule has 0 atom stereocenters. The van der Waals surface area contributed by atoms with Gasteiger partial charge in [-0.05, 0) is 11.1 Å². The van der Waals surface area contributed by atoms with Crippen molar-refractivity contribution in [3.8, 4) is 11.3 Å². The number of hydrogen-bond acceptors (Lipinski definition) is 2. The fourth-order valence-corrected chi connectivity index (χ4v) is 2.70. The molecule has 0 radical (unpaired) electrons. The van der Waals surface area contributed by atoms with Crippen LogP contribution in [-0.2, 0) is 6.42 Å². The fourth-order valence-electron chi connectivity index (χ4n) is 2.70. The van der Waals surface area contributed by atoms with Crippen molar-refractivity contribution in [1.82, 2.24) is 14.6 Å². The van der Waals surface area contributed by atoms with Gasteiger partial charge in [0.15, 0.2) is 5.65 Å². The smallest absolute Gasteiger partial charge is 0.272 e. The lowest BCUT2D eigenvalue weighted by atomic mass is 10.1. The minimum Gasteiger partial charge on any atom is -0.289 e. The highest BCUT2D eigenvalue weighted by Gasteiger charge is 2.08. The number of aromatic nitrogens is 3. The highest BCUT2D eigenvalue weighted by molar-refractivity contribution is 5.63. The lowest BCUT2D eigenvalue weighted by Crippen LogP contribution is -2.15. The maximum atomic E-state index is 12.3. The lowest BCUT2D eigenvalue weighted by molar-refractivity contribution is 0.884. The molecule has 4 heteroatoms. The fraction of sp³-hybridized carbons (Fsp3) is 0.0526. The Morgan fingerprint density at radius 1 is 0.913 bits per heavy atom. The minimum atomic E-state index is -0.0943. The topological polar surface area (TPSA) is 50.2 Å². The summed E-state index contributed by atoms with van der Waals surface area (Å²) in [6, 6.07) is 23.4. The molecule has 112 valence electrons. The van der Waals surface area contributed by atoms with E-state index >= 15 is 0 Å². The molecular formula is C19H15N3O.